The van der Waals surface area contributed by atoms with Crippen molar-refractivity contribution in [1.29, 1.82) is 0 Å². The summed E-state index contributed by atoms with van der Waals surface area (Å²) in [5.74, 6) is 0.465. The average Bonchev–Trinajstić information content (AvgIpc) is 2.97. The number of hydrogen-bond donors (Lipinski definition) is 2. The molecule has 1 aromatic rings. The van der Waals surface area contributed by atoms with Gasteiger partial charge in [0.15, 0.2) is 13.4 Å². The highest BCUT2D eigenvalue weighted by Gasteiger charge is 2.46. The molecule has 1 heterocycles. The van der Waals surface area contributed by atoms with E-state index in [2.05, 4.69) is 51.1 Å². The Morgan fingerprint density at radius 2 is 1.89 bits per heavy atom. The number of carbonyl (C=O) groups excluding carboxylic acids is 1. The number of hydrogen-bond acceptors (Lipinski definition) is 6. The summed E-state index contributed by atoms with van der Waals surface area (Å²) in [6.07, 6.45) is 0.778. The van der Waals surface area contributed by atoms with Gasteiger partial charge in [0, 0.05) is 12.7 Å². The molecule has 1 amide bonds. The minimum absolute atomic E-state index is 0.0404. The van der Waals surface area contributed by atoms with E-state index in [-0.39, 0.29) is 23.1 Å². The number of amides is 1. The number of ether oxygens (including phenoxy) is 1. The number of nitrogens with zero attached hydrogens (tertiary/aromatic N) is 1. The van der Waals surface area contributed by atoms with Gasteiger partial charge in [-0.15, -0.1) is 11.6 Å². The number of aromatic nitrogens is 1. The number of nitrogens with two attached hydrogens (primary N) is 1. The van der Waals surface area contributed by atoms with Gasteiger partial charge in [-0.1, -0.05) is 39.0 Å². The Hall–Kier alpha value is -0.673. The van der Waals surface area contributed by atoms with Gasteiger partial charge in [-0.05, 0) is 44.8 Å². The molecule has 0 saturated carbocycles. The van der Waals surface area contributed by atoms with Crippen molar-refractivity contribution in [3.05, 3.63) is 11.1 Å². The van der Waals surface area contributed by atoms with Gasteiger partial charge >= 0.3 is 6.09 Å². The van der Waals surface area contributed by atoms with Gasteiger partial charge in [-0.2, -0.15) is 0 Å². The fraction of sp³-hybridized carbons (Fsp3) is 0.789. The molecular formula is C19H36ClN3O3SSi. The molecule has 0 aliphatic rings. The summed E-state index contributed by atoms with van der Waals surface area (Å²) in [5.41, 5.74) is 5.28. The van der Waals surface area contributed by atoms with Crippen molar-refractivity contribution in [3.63, 3.8) is 0 Å². The van der Waals surface area contributed by atoms with E-state index in [0.29, 0.717) is 11.0 Å². The largest absolute Gasteiger partial charge is 0.444 e. The number of halogens is 1. The first-order valence-electron chi connectivity index (χ1n) is 9.58. The molecule has 162 valence electrons. The van der Waals surface area contributed by atoms with E-state index in [1.165, 1.54) is 11.3 Å². The van der Waals surface area contributed by atoms with E-state index in [4.69, 9.17) is 26.5 Å². The maximum absolute atomic E-state index is 12.0. The standard InChI is InChI=1S/C19H36ClN3O3SSi/c1-12(2)19(6,7)28(8,9)26-15(13(20)10-21)14-11-22-16(27-14)23-17(24)25-18(3,4)5/h11-13,15H,10,21H2,1-9H3,(H,22,23,24)/t13-,15-/m0/s1. The Morgan fingerprint density at radius 3 is 2.36 bits per heavy atom. The Bertz CT molecular complexity index is 659. The smallest absolute Gasteiger partial charge is 0.413 e. The Morgan fingerprint density at radius 1 is 1.32 bits per heavy atom. The van der Waals surface area contributed by atoms with E-state index >= 15 is 0 Å². The number of nitrogens with one attached hydrogen (secondary N) is 1. The number of carbonyl (C=O) groups is 1. The van der Waals surface area contributed by atoms with E-state index in [9.17, 15) is 4.79 Å². The monoisotopic (exact) mass is 449 g/mol. The third kappa shape index (κ3) is 6.69. The third-order valence-electron chi connectivity index (χ3n) is 5.38. The maximum Gasteiger partial charge on any atom is 0.413 e. The lowest BCUT2D eigenvalue weighted by molar-refractivity contribution is 0.0636. The van der Waals surface area contributed by atoms with Crippen LogP contribution in [0, 0.1) is 5.92 Å². The van der Waals surface area contributed by atoms with Gasteiger partial charge in [0.25, 0.3) is 0 Å². The Kier molecular flexibility index (Phi) is 8.54. The fourth-order valence-corrected chi connectivity index (χ4v) is 6.42. The number of anilines is 1. The van der Waals surface area contributed by atoms with Crippen LogP contribution in [-0.4, -0.2) is 36.9 Å². The minimum Gasteiger partial charge on any atom is -0.444 e. The van der Waals surface area contributed by atoms with Crippen LogP contribution < -0.4 is 11.1 Å². The molecule has 3 N–H and O–H groups in total. The van der Waals surface area contributed by atoms with Gasteiger partial charge in [-0.3, -0.25) is 5.32 Å². The second-order valence-corrected chi connectivity index (χ2v) is 15.5. The lowest BCUT2D eigenvalue weighted by Crippen LogP contribution is -2.47. The van der Waals surface area contributed by atoms with Crippen LogP contribution in [0.4, 0.5) is 9.93 Å². The van der Waals surface area contributed by atoms with Crippen molar-refractivity contribution in [2.75, 3.05) is 11.9 Å². The second kappa shape index (κ2) is 9.43. The molecule has 9 heteroatoms. The van der Waals surface area contributed by atoms with Gasteiger partial charge in [0.2, 0.25) is 0 Å². The lowest BCUT2D eigenvalue weighted by atomic mass is 9.99. The molecule has 0 aliphatic carbocycles. The van der Waals surface area contributed by atoms with Crippen LogP contribution >= 0.6 is 22.9 Å². The van der Waals surface area contributed by atoms with E-state index in [1.54, 1.807) is 6.20 Å². The van der Waals surface area contributed by atoms with Crippen molar-refractivity contribution in [2.24, 2.45) is 11.7 Å². The fourth-order valence-electron chi connectivity index (χ4n) is 2.47. The molecule has 0 aliphatic heterocycles. The summed E-state index contributed by atoms with van der Waals surface area (Å²) in [6.45, 7) is 19.1. The molecule has 0 fully saturated rings. The highest BCUT2D eigenvalue weighted by Crippen LogP contribution is 2.47. The summed E-state index contributed by atoms with van der Waals surface area (Å²) in [4.78, 5) is 17.1. The molecule has 1 rings (SSSR count). The zero-order chi connectivity index (χ0) is 21.9. The van der Waals surface area contributed by atoms with Crippen molar-refractivity contribution in [1.82, 2.24) is 4.98 Å². The molecule has 0 spiro atoms. The van der Waals surface area contributed by atoms with Crippen LogP contribution in [0.1, 0.15) is 59.4 Å². The predicted octanol–water partition coefficient (Wildman–Crippen LogP) is 5.76. The van der Waals surface area contributed by atoms with Gasteiger partial charge in [-0.25, -0.2) is 9.78 Å². The molecule has 0 bridgehead atoms. The molecule has 28 heavy (non-hydrogen) atoms. The number of thiazole rings is 1. The average molecular weight is 450 g/mol. The predicted molar refractivity (Wildman–Crippen MR) is 121 cm³/mol. The van der Waals surface area contributed by atoms with Crippen LogP contribution in [-0.2, 0) is 9.16 Å². The summed E-state index contributed by atoms with van der Waals surface area (Å²) < 4.78 is 11.9. The molecule has 0 aromatic carbocycles. The SMILES string of the molecule is CC(C)C(C)(C)[Si](C)(C)O[C@H](c1cnc(NC(=O)OC(C)(C)C)s1)[C@@H](Cl)CN. The molecule has 0 radical (unpaired) electrons. The molecule has 6 nitrogen and oxygen atoms in total. The number of rotatable bonds is 8. The van der Waals surface area contributed by atoms with Crippen molar-refractivity contribution < 1.29 is 14.0 Å². The lowest BCUT2D eigenvalue weighted by Gasteiger charge is -2.44. The van der Waals surface area contributed by atoms with Crippen LogP contribution in [0.15, 0.2) is 6.20 Å². The minimum atomic E-state index is -2.15. The zero-order valence-corrected chi connectivity index (χ0v) is 21.1. The van der Waals surface area contributed by atoms with Crippen molar-refractivity contribution >= 4 is 42.5 Å². The summed E-state index contributed by atoms with van der Waals surface area (Å²) in [7, 11) is -2.15. The first-order chi connectivity index (χ1) is 12.6. The third-order valence-corrected chi connectivity index (χ3v) is 11.3. The van der Waals surface area contributed by atoms with Crippen LogP contribution in [0.5, 0.6) is 0 Å². The van der Waals surface area contributed by atoms with E-state index in [0.717, 1.165) is 4.88 Å². The highest BCUT2D eigenvalue weighted by molar-refractivity contribution is 7.15. The summed E-state index contributed by atoms with van der Waals surface area (Å²) in [5, 5.41) is 2.77. The molecule has 0 unspecified atom stereocenters. The van der Waals surface area contributed by atoms with E-state index in [1.807, 2.05) is 20.8 Å². The highest BCUT2D eigenvalue weighted by atomic mass is 35.5. The van der Waals surface area contributed by atoms with Crippen LogP contribution in [0.2, 0.25) is 18.1 Å². The molecular weight excluding hydrogens is 414 g/mol. The van der Waals surface area contributed by atoms with Gasteiger partial charge < -0.3 is 14.9 Å². The van der Waals surface area contributed by atoms with Crippen molar-refractivity contribution in [2.45, 2.75) is 83.7 Å². The summed E-state index contributed by atoms with van der Waals surface area (Å²) in [6, 6.07) is 0. The molecule has 1 aromatic heterocycles. The topological polar surface area (TPSA) is 86.5 Å². The maximum atomic E-state index is 12.0. The Balaban J connectivity index is 3.04. The molecule has 0 saturated heterocycles. The normalized spacial score (nSPS) is 15.4. The van der Waals surface area contributed by atoms with Crippen LogP contribution in [0.25, 0.3) is 0 Å². The first-order valence-corrected chi connectivity index (χ1v) is 13.7. The van der Waals surface area contributed by atoms with Crippen LogP contribution in [0.3, 0.4) is 0 Å². The van der Waals surface area contributed by atoms with Gasteiger partial charge in [0.1, 0.15) is 5.60 Å². The zero-order valence-electron chi connectivity index (χ0n) is 18.6. The quantitative estimate of drug-likeness (QED) is 0.389. The molecule has 2 atom stereocenters. The van der Waals surface area contributed by atoms with Gasteiger partial charge in [0.05, 0.1) is 16.4 Å². The van der Waals surface area contributed by atoms with Crippen molar-refractivity contribution in [3.8, 4) is 0 Å². The summed E-state index contributed by atoms with van der Waals surface area (Å²) >= 11 is 7.88. The number of alkyl halides is 1. The first kappa shape index (κ1) is 25.4. The Labute approximate surface area is 179 Å². The second-order valence-electron chi connectivity index (χ2n) is 9.37. The van der Waals surface area contributed by atoms with E-state index < -0.39 is 20.0 Å².